The Morgan fingerprint density at radius 1 is 1.06 bits per heavy atom. The van der Waals surface area contributed by atoms with Crippen LogP contribution in [0.15, 0.2) is 65.7 Å². The van der Waals surface area contributed by atoms with Gasteiger partial charge in [-0.1, -0.05) is 18.2 Å². The molecule has 3 aromatic rings. The molecular formula is C23H26FN3O3S. The zero-order valence-corrected chi connectivity index (χ0v) is 18.0. The van der Waals surface area contributed by atoms with E-state index in [9.17, 15) is 12.8 Å². The second-order valence-electron chi connectivity index (χ2n) is 7.77. The number of hydrogen-bond acceptors (Lipinski definition) is 5. The van der Waals surface area contributed by atoms with Crippen molar-refractivity contribution >= 4 is 20.9 Å². The van der Waals surface area contributed by atoms with Crippen molar-refractivity contribution in [1.29, 1.82) is 0 Å². The summed E-state index contributed by atoms with van der Waals surface area (Å²) in [6.45, 7) is 3.55. The molecule has 31 heavy (non-hydrogen) atoms. The SMILES string of the molecule is O=S(=O)(NCC1CCN(CCOc2ccc(F)cc2)CC1)c1cccc2cccnc12. The van der Waals surface area contributed by atoms with E-state index in [-0.39, 0.29) is 10.7 Å². The fourth-order valence-corrected chi connectivity index (χ4v) is 5.13. The van der Waals surface area contributed by atoms with Crippen LogP contribution < -0.4 is 9.46 Å². The molecule has 2 heterocycles. The van der Waals surface area contributed by atoms with E-state index in [2.05, 4.69) is 14.6 Å². The molecule has 164 valence electrons. The van der Waals surface area contributed by atoms with Gasteiger partial charge in [-0.05, 0) is 68.2 Å². The van der Waals surface area contributed by atoms with Crippen molar-refractivity contribution in [2.75, 3.05) is 32.8 Å². The molecular weight excluding hydrogens is 417 g/mol. The maximum Gasteiger partial charge on any atom is 0.242 e. The number of benzene rings is 2. The highest BCUT2D eigenvalue weighted by molar-refractivity contribution is 7.89. The smallest absolute Gasteiger partial charge is 0.242 e. The normalized spacial score (nSPS) is 15.9. The standard InChI is InChI=1S/C23H26FN3O3S/c24-20-6-8-21(9-7-20)30-16-15-27-13-10-18(11-14-27)17-26-31(28,29)22-5-1-3-19-4-2-12-25-23(19)22/h1-9,12,18,26H,10-11,13-17H2. The van der Waals surface area contributed by atoms with Gasteiger partial charge < -0.3 is 4.74 Å². The second kappa shape index (κ2) is 9.72. The molecule has 0 bridgehead atoms. The summed E-state index contributed by atoms with van der Waals surface area (Å²) in [7, 11) is -3.62. The Balaban J connectivity index is 1.24. The molecule has 1 fully saturated rings. The number of halogens is 1. The lowest BCUT2D eigenvalue weighted by Crippen LogP contribution is -2.40. The number of pyridine rings is 1. The van der Waals surface area contributed by atoms with Crippen LogP contribution >= 0.6 is 0 Å². The Bertz CT molecular complexity index is 1110. The van der Waals surface area contributed by atoms with Gasteiger partial charge in [0.15, 0.2) is 0 Å². The number of fused-ring (bicyclic) bond motifs is 1. The van der Waals surface area contributed by atoms with Gasteiger partial charge in [0.25, 0.3) is 0 Å². The van der Waals surface area contributed by atoms with E-state index < -0.39 is 10.0 Å². The minimum Gasteiger partial charge on any atom is -0.492 e. The third-order valence-corrected chi connectivity index (χ3v) is 7.10. The fourth-order valence-electron chi connectivity index (χ4n) is 3.84. The van der Waals surface area contributed by atoms with Gasteiger partial charge in [-0.25, -0.2) is 17.5 Å². The van der Waals surface area contributed by atoms with Gasteiger partial charge in [0.05, 0.1) is 5.52 Å². The topological polar surface area (TPSA) is 71.5 Å². The van der Waals surface area contributed by atoms with Crippen LogP contribution in [0.25, 0.3) is 10.9 Å². The van der Waals surface area contributed by atoms with Crippen molar-refractivity contribution < 1.29 is 17.5 Å². The molecule has 0 radical (unpaired) electrons. The number of rotatable bonds is 8. The van der Waals surface area contributed by atoms with E-state index in [1.807, 2.05) is 12.1 Å². The predicted molar refractivity (Wildman–Crippen MR) is 118 cm³/mol. The van der Waals surface area contributed by atoms with Crippen LogP contribution in [0.3, 0.4) is 0 Å². The third kappa shape index (κ3) is 5.58. The van der Waals surface area contributed by atoms with Crippen molar-refractivity contribution in [3.05, 3.63) is 66.6 Å². The molecule has 1 N–H and O–H groups in total. The first-order chi connectivity index (χ1) is 15.0. The van der Waals surface area contributed by atoms with Gasteiger partial charge in [0, 0.05) is 24.7 Å². The molecule has 0 spiro atoms. The number of likely N-dealkylation sites (tertiary alicyclic amines) is 1. The van der Waals surface area contributed by atoms with Crippen LogP contribution in [0.1, 0.15) is 12.8 Å². The lowest BCUT2D eigenvalue weighted by molar-refractivity contribution is 0.156. The maximum absolute atomic E-state index is 12.9. The molecule has 1 aliphatic heterocycles. The van der Waals surface area contributed by atoms with Crippen molar-refractivity contribution in [3.8, 4) is 5.75 Å². The summed E-state index contributed by atoms with van der Waals surface area (Å²) in [5, 5.41) is 0.807. The first-order valence-electron chi connectivity index (χ1n) is 10.5. The maximum atomic E-state index is 12.9. The van der Waals surface area contributed by atoms with E-state index in [0.717, 1.165) is 37.9 Å². The molecule has 2 aromatic carbocycles. The van der Waals surface area contributed by atoms with E-state index >= 15 is 0 Å². The number of aromatic nitrogens is 1. The van der Waals surface area contributed by atoms with Gasteiger partial charge in [0.2, 0.25) is 10.0 Å². The minimum absolute atomic E-state index is 0.223. The Kier molecular flexibility index (Phi) is 6.80. The van der Waals surface area contributed by atoms with Gasteiger partial charge in [-0.15, -0.1) is 0 Å². The zero-order chi connectivity index (χ0) is 21.7. The largest absolute Gasteiger partial charge is 0.492 e. The van der Waals surface area contributed by atoms with Crippen LogP contribution in [0, 0.1) is 11.7 Å². The number of hydrogen-bond donors (Lipinski definition) is 1. The van der Waals surface area contributed by atoms with Crippen LogP contribution in [0.5, 0.6) is 5.75 Å². The molecule has 1 aromatic heterocycles. The van der Waals surface area contributed by atoms with E-state index in [1.54, 1.807) is 36.5 Å². The summed E-state index contributed by atoms with van der Waals surface area (Å²) in [6, 6.07) is 14.9. The average molecular weight is 444 g/mol. The highest BCUT2D eigenvalue weighted by atomic mass is 32.2. The minimum atomic E-state index is -3.62. The van der Waals surface area contributed by atoms with Gasteiger partial charge in [0.1, 0.15) is 23.1 Å². The van der Waals surface area contributed by atoms with E-state index in [1.165, 1.54) is 12.1 Å². The summed E-state index contributed by atoms with van der Waals surface area (Å²) >= 11 is 0. The molecule has 0 aliphatic carbocycles. The summed E-state index contributed by atoms with van der Waals surface area (Å²) in [5.74, 6) is 0.683. The van der Waals surface area contributed by atoms with Crippen molar-refractivity contribution in [3.63, 3.8) is 0 Å². The van der Waals surface area contributed by atoms with Crippen LogP contribution in [0.2, 0.25) is 0 Å². The zero-order valence-electron chi connectivity index (χ0n) is 17.2. The summed E-state index contributed by atoms with van der Waals surface area (Å²) < 4.78 is 47.1. The van der Waals surface area contributed by atoms with Gasteiger partial charge >= 0.3 is 0 Å². The van der Waals surface area contributed by atoms with Crippen molar-refractivity contribution in [1.82, 2.24) is 14.6 Å². The highest BCUT2D eigenvalue weighted by Gasteiger charge is 2.23. The lowest BCUT2D eigenvalue weighted by Gasteiger charge is -2.31. The Hall–Kier alpha value is -2.55. The number of nitrogens with one attached hydrogen (secondary N) is 1. The molecule has 0 amide bonds. The first kappa shape index (κ1) is 21.7. The summed E-state index contributed by atoms with van der Waals surface area (Å²) in [6.07, 6.45) is 3.45. The monoisotopic (exact) mass is 443 g/mol. The molecule has 0 saturated carbocycles. The third-order valence-electron chi connectivity index (χ3n) is 5.64. The predicted octanol–water partition coefficient (Wildman–Crippen LogP) is 3.44. The molecule has 1 saturated heterocycles. The number of ether oxygens (including phenoxy) is 1. The molecule has 4 rings (SSSR count). The summed E-state index contributed by atoms with van der Waals surface area (Å²) in [5.41, 5.74) is 0.494. The average Bonchev–Trinajstić information content (AvgIpc) is 2.79. The van der Waals surface area contributed by atoms with Crippen LogP contribution in [0.4, 0.5) is 4.39 Å². The Morgan fingerprint density at radius 2 is 1.81 bits per heavy atom. The lowest BCUT2D eigenvalue weighted by atomic mass is 9.97. The first-order valence-corrected chi connectivity index (χ1v) is 11.9. The van der Waals surface area contributed by atoms with Gasteiger partial charge in [-0.3, -0.25) is 9.88 Å². The van der Waals surface area contributed by atoms with E-state index in [4.69, 9.17) is 4.74 Å². The molecule has 0 atom stereocenters. The van der Waals surface area contributed by atoms with Crippen LogP contribution in [-0.2, 0) is 10.0 Å². The molecule has 0 unspecified atom stereocenters. The number of sulfonamides is 1. The fraction of sp³-hybridized carbons (Fsp3) is 0.348. The summed E-state index contributed by atoms with van der Waals surface area (Å²) in [4.78, 5) is 6.78. The second-order valence-corrected chi connectivity index (χ2v) is 9.51. The van der Waals surface area contributed by atoms with Crippen LogP contribution in [-0.4, -0.2) is 51.1 Å². The quantitative estimate of drug-likeness (QED) is 0.578. The highest BCUT2D eigenvalue weighted by Crippen LogP contribution is 2.22. The number of nitrogens with zero attached hydrogens (tertiary/aromatic N) is 2. The Labute approximate surface area is 182 Å². The van der Waals surface area contributed by atoms with Crippen molar-refractivity contribution in [2.45, 2.75) is 17.7 Å². The molecule has 6 nitrogen and oxygen atoms in total. The van der Waals surface area contributed by atoms with E-state index in [0.29, 0.717) is 30.3 Å². The van der Waals surface area contributed by atoms with Crippen molar-refractivity contribution in [2.24, 2.45) is 5.92 Å². The molecule has 1 aliphatic rings. The van der Waals surface area contributed by atoms with Gasteiger partial charge in [-0.2, -0.15) is 0 Å². The number of para-hydroxylation sites is 1. The molecule has 8 heteroatoms. The number of piperidine rings is 1. The Morgan fingerprint density at radius 3 is 2.58 bits per heavy atom.